The van der Waals surface area contributed by atoms with Crippen LogP contribution >= 0.6 is 0 Å². The van der Waals surface area contributed by atoms with E-state index < -0.39 is 6.29 Å². The maximum atomic E-state index is 12.0. The molecule has 0 radical (unpaired) electrons. The topological polar surface area (TPSA) is 61.8 Å². The number of carbonyl (C=O) groups is 2. The van der Waals surface area contributed by atoms with Crippen molar-refractivity contribution in [2.75, 3.05) is 14.2 Å². The molecule has 2 aliphatic rings. The van der Waals surface area contributed by atoms with Gasteiger partial charge >= 0.3 is 5.97 Å². The van der Waals surface area contributed by atoms with Gasteiger partial charge in [0.2, 0.25) is 0 Å². The fourth-order valence-electron chi connectivity index (χ4n) is 5.03. The second-order valence-corrected chi connectivity index (χ2v) is 7.87. The van der Waals surface area contributed by atoms with Crippen LogP contribution in [0.25, 0.3) is 0 Å². The van der Waals surface area contributed by atoms with Crippen LogP contribution in [0.1, 0.15) is 47.0 Å². The van der Waals surface area contributed by atoms with Crippen LogP contribution in [0.15, 0.2) is 11.6 Å². The van der Waals surface area contributed by atoms with Crippen molar-refractivity contribution in [1.29, 1.82) is 0 Å². The quantitative estimate of drug-likeness (QED) is 0.333. The molecule has 1 saturated carbocycles. The summed E-state index contributed by atoms with van der Waals surface area (Å²) in [6.45, 7) is 7.93. The van der Waals surface area contributed by atoms with Gasteiger partial charge in [0.05, 0.1) is 0 Å². The molecule has 0 aromatic heterocycles. The molecule has 0 saturated heterocycles. The second kappa shape index (κ2) is 6.96. The highest BCUT2D eigenvalue weighted by Gasteiger charge is 2.57. The average molecular weight is 338 g/mol. The molecule has 1 unspecified atom stereocenters. The molecule has 4 atom stereocenters. The predicted molar refractivity (Wildman–Crippen MR) is 90.2 cm³/mol. The lowest BCUT2D eigenvalue weighted by molar-refractivity contribution is -0.174. The van der Waals surface area contributed by atoms with Crippen LogP contribution in [0, 0.1) is 22.7 Å². The molecule has 0 amide bonds. The minimum Gasteiger partial charge on any atom is -0.462 e. The van der Waals surface area contributed by atoms with E-state index in [-0.39, 0.29) is 34.7 Å². The molecule has 0 aromatic rings. The largest absolute Gasteiger partial charge is 0.462 e. The number of methoxy groups -OCH3 is 2. The van der Waals surface area contributed by atoms with Crippen LogP contribution < -0.4 is 0 Å². The monoisotopic (exact) mass is 338 g/mol. The Morgan fingerprint density at radius 1 is 1.29 bits per heavy atom. The summed E-state index contributed by atoms with van der Waals surface area (Å²) in [6, 6.07) is 0. The van der Waals surface area contributed by atoms with Crippen molar-refractivity contribution in [2.24, 2.45) is 22.7 Å². The van der Waals surface area contributed by atoms with Gasteiger partial charge in [-0.2, -0.15) is 0 Å². The van der Waals surface area contributed by atoms with Gasteiger partial charge in [-0.3, -0.25) is 4.79 Å². The second-order valence-electron chi connectivity index (χ2n) is 7.87. The standard InChI is InChI=1S/C19H30O5/c1-12(21)24-16-9-10-19(4)14(11-20)13(17(22-5)23-6)7-8-15(19)18(16,2)3/h7,11,14-17H,8-10H2,1-6H3/t14-,15?,16+,19+/m0/s1. The van der Waals surface area contributed by atoms with Crippen molar-refractivity contribution in [3.63, 3.8) is 0 Å². The highest BCUT2D eigenvalue weighted by atomic mass is 16.7. The molecular weight excluding hydrogens is 308 g/mol. The van der Waals surface area contributed by atoms with Crippen LogP contribution in [-0.4, -0.2) is 38.9 Å². The Hall–Kier alpha value is -1.20. The van der Waals surface area contributed by atoms with Gasteiger partial charge in [0.1, 0.15) is 12.4 Å². The van der Waals surface area contributed by atoms with E-state index in [4.69, 9.17) is 14.2 Å². The first-order valence-corrected chi connectivity index (χ1v) is 8.60. The van der Waals surface area contributed by atoms with E-state index in [1.54, 1.807) is 14.2 Å². The molecule has 2 rings (SSSR count). The number of allylic oxidation sites excluding steroid dienone is 1. The Labute approximate surface area is 144 Å². The molecule has 0 aromatic carbocycles. The van der Waals surface area contributed by atoms with Crippen LogP contribution in [-0.2, 0) is 23.8 Å². The fraction of sp³-hybridized carbons (Fsp3) is 0.789. The summed E-state index contributed by atoms with van der Waals surface area (Å²) in [6.07, 6.45) is 4.93. The molecule has 5 nitrogen and oxygen atoms in total. The number of fused-ring (bicyclic) bond motifs is 1. The van der Waals surface area contributed by atoms with E-state index in [9.17, 15) is 9.59 Å². The van der Waals surface area contributed by atoms with Gasteiger partial charge in [-0.15, -0.1) is 0 Å². The van der Waals surface area contributed by atoms with Crippen molar-refractivity contribution in [1.82, 2.24) is 0 Å². The minimum absolute atomic E-state index is 0.115. The third-order valence-electron chi connectivity index (χ3n) is 6.27. The number of carbonyl (C=O) groups excluding carboxylic acids is 2. The van der Waals surface area contributed by atoms with Gasteiger partial charge in [-0.05, 0) is 36.2 Å². The maximum absolute atomic E-state index is 12.0. The van der Waals surface area contributed by atoms with Crippen molar-refractivity contribution in [3.8, 4) is 0 Å². The van der Waals surface area contributed by atoms with E-state index in [0.29, 0.717) is 0 Å². The summed E-state index contributed by atoms with van der Waals surface area (Å²) in [7, 11) is 3.18. The van der Waals surface area contributed by atoms with Gasteiger partial charge in [-0.25, -0.2) is 0 Å². The molecule has 1 fully saturated rings. The molecular formula is C19H30O5. The van der Waals surface area contributed by atoms with Gasteiger partial charge in [0.25, 0.3) is 0 Å². The first kappa shape index (κ1) is 19.1. The summed E-state index contributed by atoms with van der Waals surface area (Å²) in [5, 5.41) is 0. The normalized spacial score (nSPS) is 35.1. The van der Waals surface area contributed by atoms with Gasteiger partial charge in [0, 0.05) is 32.5 Å². The van der Waals surface area contributed by atoms with Crippen molar-refractivity contribution in [2.45, 2.75) is 59.4 Å². The Morgan fingerprint density at radius 2 is 1.92 bits per heavy atom. The fourth-order valence-corrected chi connectivity index (χ4v) is 5.03. The molecule has 0 heterocycles. The van der Waals surface area contributed by atoms with Crippen molar-refractivity contribution in [3.05, 3.63) is 11.6 Å². The van der Waals surface area contributed by atoms with E-state index in [2.05, 4.69) is 26.8 Å². The Morgan fingerprint density at radius 3 is 2.42 bits per heavy atom. The SMILES string of the molecule is COC(OC)C1=CCC2C(C)(C)[C@H](OC(C)=O)CC[C@]2(C)[C@H]1C=O. The van der Waals surface area contributed by atoms with Crippen molar-refractivity contribution >= 4 is 12.3 Å². The maximum Gasteiger partial charge on any atom is 0.302 e. The summed E-state index contributed by atoms with van der Waals surface area (Å²) < 4.78 is 16.4. The number of aldehydes is 1. The van der Waals surface area contributed by atoms with Crippen LogP contribution in [0.4, 0.5) is 0 Å². The zero-order valence-corrected chi connectivity index (χ0v) is 15.6. The summed E-state index contributed by atoms with van der Waals surface area (Å²) in [5.41, 5.74) is 0.522. The number of hydrogen-bond acceptors (Lipinski definition) is 5. The smallest absolute Gasteiger partial charge is 0.302 e. The molecule has 0 aliphatic heterocycles. The Bertz CT molecular complexity index is 520. The zero-order chi connectivity index (χ0) is 18.1. The van der Waals surface area contributed by atoms with Crippen LogP contribution in [0.2, 0.25) is 0 Å². The number of hydrogen-bond donors (Lipinski definition) is 0. The lowest BCUT2D eigenvalue weighted by atomic mass is 9.48. The summed E-state index contributed by atoms with van der Waals surface area (Å²) in [4.78, 5) is 23.5. The lowest BCUT2D eigenvalue weighted by Crippen LogP contribution is -2.56. The number of rotatable bonds is 5. The van der Waals surface area contributed by atoms with Gasteiger partial charge in [0.15, 0.2) is 6.29 Å². The predicted octanol–water partition coefficient (Wildman–Crippen LogP) is 3.12. The molecule has 0 bridgehead atoms. The van der Waals surface area contributed by atoms with Crippen molar-refractivity contribution < 1.29 is 23.8 Å². The highest BCUT2D eigenvalue weighted by molar-refractivity contribution is 5.66. The first-order valence-electron chi connectivity index (χ1n) is 8.60. The van der Waals surface area contributed by atoms with E-state index in [0.717, 1.165) is 31.1 Å². The van der Waals surface area contributed by atoms with Gasteiger partial charge in [-0.1, -0.05) is 26.8 Å². The lowest BCUT2D eigenvalue weighted by Gasteiger charge is -2.58. The van der Waals surface area contributed by atoms with Crippen LogP contribution in [0.5, 0.6) is 0 Å². The summed E-state index contributed by atoms with van der Waals surface area (Å²) in [5.74, 6) is -0.246. The number of esters is 1. The van der Waals surface area contributed by atoms with Gasteiger partial charge < -0.3 is 19.0 Å². The first-order chi connectivity index (χ1) is 11.2. The number of ether oxygens (including phenoxy) is 3. The van der Waals surface area contributed by atoms with E-state index in [1.807, 2.05) is 0 Å². The minimum atomic E-state index is -0.493. The molecule has 0 N–H and O–H groups in total. The zero-order valence-electron chi connectivity index (χ0n) is 15.6. The third kappa shape index (κ3) is 3.04. The molecule has 136 valence electrons. The highest BCUT2D eigenvalue weighted by Crippen LogP contribution is 2.60. The van der Waals surface area contributed by atoms with Crippen LogP contribution in [0.3, 0.4) is 0 Å². The molecule has 0 spiro atoms. The summed E-state index contributed by atoms with van der Waals surface area (Å²) >= 11 is 0. The Kier molecular flexibility index (Phi) is 5.55. The third-order valence-corrected chi connectivity index (χ3v) is 6.27. The van der Waals surface area contributed by atoms with E-state index >= 15 is 0 Å². The molecule has 2 aliphatic carbocycles. The average Bonchev–Trinajstić information content (AvgIpc) is 2.51. The Balaban J connectivity index is 2.40. The molecule has 5 heteroatoms. The van der Waals surface area contributed by atoms with E-state index in [1.165, 1.54) is 6.92 Å². The molecule has 24 heavy (non-hydrogen) atoms.